The molecular formula is C11H13FN2O. The van der Waals surface area contributed by atoms with Gasteiger partial charge in [0.2, 0.25) is 0 Å². The standard InChI is InChI=1S/C11H13FN2O/c1-11(7-15-6-10(13)14-11)8-3-2-4-9(12)5-8/h2-5H,6-7H2,1H3,(H2,13,14). The molecule has 1 unspecified atom stereocenters. The van der Waals surface area contributed by atoms with Crippen molar-refractivity contribution in [1.82, 2.24) is 0 Å². The maximum Gasteiger partial charge on any atom is 0.123 e. The molecule has 1 atom stereocenters. The summed E-state index contributed by atoms with van der Waals surface area (Å²) in [6.45, 7) is 2.66. The van der Waals surface area contributed by atoms with Gasteiger partial charge in [-0.1, -0.05) is 12.1 Å². The number of hydrogen-bond donors (Lipinski definition) is 1. The molecule has 0 amide bonds. The molecule has 0 bridgehead atoms. The number of ether oxygens (including phenoxy) is 1. The van der Waals surface area contributed by atoms with Gasteiger partial charge in [-0.2, -0.15) is 0 Å². The highest BCUT2D eigenvalue weighted by Crippen LogP contribution is 2.28. The lowest BCUT2D eigenvalue weighted by atomic mass is 9.93. The van der Waals surface area contributed by atoms with E-state index in [4.69, 9.17) is 10.5 Å². The molecule has 3 nitrogen and oxygen atoms in total. The molecule has 0 aliphatic carbocycles. The van der Waals surface area contributed by atoms with Gasteiger partial charge in [0.15, 0.2) is 0 Å². The van der Waals surface area contributed by atoms with Crippen molar-refractivity contribution in [2.24, 2.45) is 10.7 Å². The van der Waals surface area contributed by atoms with Crippen LogP contribution in [0.5, 0.6) is 0 Å². The molecule has 1 aliphatic rings. The van der Waals surface area contributed by atoms with Gasteiger partial charge in [-0.25, -0.2) is 4.39 Å². The molecule has 1 aromatic rings. The molecule has 0 fully saturated rings. The highest BCUT2D eigenvalue weighted by Gasteiger charge is 2.29. The van der Waals surface area contributed by atoms with Gasteiger partial charge in [-0.05, 0) is 24.6 Å². The summed E-state index contributed by atoms with van der Waals surface area (Å²) in [6, 6.07) is 6.36. The average molecular weight is 208 g/mol. The Morgan fingerprint density at radius 3 is 3.00 bits per heavy atom. The lowest BCUT2D eigenvalue weighted by Gasteiger charge is -2.30. The van der Waals surface area contributed by atoms with Gasteiger partial charge in [0.05, 0.1) is 6.61 Å². The summed E-state index contributed by atoms with van der Waals surface area (Å²) in [5, 5.41) is 0. The Kier molecular flexibility index (Phi) is 2.44. The molecule has 0 saturated heterocycles. The topological polar surface area (TPSA) is 47.6 Å². The Morgan fingerprint density at radius 2 is 2.33 bits per heavy atom. The Labute approximate surface area is 87.8 Å². The fraction of sp³-hybridized carbons (Fsp3) is 0.364. The van der Waals surface area contributed by atoms with Gasteiger partial charge < -0.3 is 10.5 Å². The summed E-state index contributed by atoms with van der Waals surface area (Å²) < 4.78 is 18.4. The molecular weight excluding hydrogens is 195 g/mol. The van der Waals surface area contributed by atoms with E-state index < -0.39 is 5.54 Å². The number of aliphatic imine (C=N–C) groups is 1. The van der Waals surface area contributed by atoms with Crippen LogP contribution in [0.2, 0.25) is 0 Å². The van der Waals surface area contributed by atoms with E-state index in [1.165, 1.54) is 12.1 Å². The third kappa shape index (κ3) is 1.99. The van der Waals surface area contributed by atoms with Crippen LogP contribution in [0, 0.1) is 5.82 Å². The van der Waals surface area contributed by atoms with Gasteiger partial charge in [-0.3, -0.25) is 4.99 Å². The summed E-state index contributed by atoms with van der Waals surface area (Å²) >= 11 is 0. The number of nitrogens with two attached hydrogens (primary N) is 1. The predicted octanol–water partition coefficient (Wildman–Crippen LogP) is 1.43. The van der Waals surface area contributed by atoms with E-state index >= 15 is 0 Å². The van der Waals surface area contributed by atoms with Gasteiger partial charge in [0.25, 0.3) is 0 Å². The Bertz CT molecular complexity index is 405. The van der Waals surface area contributed by atoms with Gasteiger partial charge >= 0.3 is 0 Å². The van der Waals surface area contributed by atoms with Crippen LogP contribution in [-0.4, -0.2) is 19.0 Å². The van der Waals surface area contributed by atoms with E-state index in [2.05, 4.69) is 4.99 Å². The second kappa shape index (κ2) is 3.62. The minimum Gasteiger partial charge on any atom is -0.386 e. The van der Waals surface area contributed by atoms with E-state index in [0.717, 1.165) is 5.56 Å². The first kappa shape index (κ1) is 10.1. The summed E-state index contributed by atoms with van der Waals surface area (Å²) in [4.78, 5) is 4.33. The van der Waals surface area contributed by atoms with Crippen molar-refractivity contribution >= 4 is 5.84 Å². The van der Waals surface area contributed by atoms with Gasteiger partial charge in [0.1, 0.15) is 23.8 Å². The van der Waals surface area contributed by atoms with Crippen LogP contribution in [0.4, 0.5) is 4.39 Å². The van der Waals surface area contributed by atoms with E-state index in [1.54, 1.807) is 6.07 Å². The normalized spacial score (nSPS) is 26.1. The van der Waals surface area contributed by atoms with Crippen molar-refractivity contribution < 1.29 is 9.13 Å². The van der Waals surface area contributed by atoms with Crippen LogP contribution in [0.15, 0.2) is 29.3 Å². The molecule has 2 N–H and O–H groups in total. The molecule has 1 heterocycles. The fourth-order valence-corrected chi connectivity index (χ4v) is 1.71. The van der Waals surface area contributed by atoms with Crippen molar-refractivity contribution in [3.05, 3.63) is 35.6 Å². The zero-order valence-electron chi connectivity index (χ0n) is 8.53. The highest BCUT2D eigenvalue weighted by molar-refractivity contribution is 5.82. The summed E-state index contributed by atoms with van der Waals surface area (Å²) in [5.74, 6) is 0.182. The van der Waals surface area contributed by atoms with Crippen LogP contribution >= 0.6 is 0 Å². The third-order valence-corrected chi connectivity index (χ3v) is 2.47. The summed E-state index contributed by atoms with van der Waals surface area (Å²) in [7, 11) is 0. The lowest BCUT2D eigenvalue weighted by molar-refractivity contribution is 0.105. The molecule has 0 spiro atoms. The first-order valence-corrected chi connectivity index (χ1v) is 4.78. The number of hydrogen-bond acceptors (Lipinski definition) is 3. The predicted molar refractivity (Wildman–Crippen MR) is 56.2 cm³/mol. The number of benzene rings is 1. The zero-order valence-corrected chi connectivity index (χ0v) is 8.53. The van der Waals surface area contributed by atoms with E-state index in [1.807, 2.05) is 13.0 Å². The maximum atomic E-state index is 13.1. The molecule has 0 aromatic heterocycles. The zero-order chi connectivity index (χ0) is 10.9. The van der Waals surface area contributed by atoms with Gasteiger partial charge in [0, 0.05) is 0 Å². The SMILES string of the molecule is CC1(c2cccc(F)c2)COCC(N)=N1. The molecule has 1 aromatic carbocycles. The quantitative estimate of drug-likeness (QED) is 0.758. The summed E-state index contributed by atoms with van der Waals surface area (Å²) in [5.41, 5.74) is 5.83. The van der Waals surface area contributed by atoms with Crippen molar-refractivity contribution in [3.8, 4) is 0 Å². The number of nitrogens with zero attached hydrogens (tertiary/aromatic N) is 1. The summed E-state index contributed by atoms with van der Waals surface area (Å²) in [6.07, 6.45) is 0. The first-order chi connectivity index (χ1) is 7.10. The minimum absolute atomic E-state index is 0.270. The van der Waals surface area contributed by atoms with Crippen LogP contribution in [0.1, 0.15) is 12.5 Å². The largest absolute Gasteiger partial charge is 0.386 e. The second-order valence-corrected chi connectivity index (χ2v) is 3.88. The number of amidine groups is 1. The van der Waals surface area contributed by atoms with Crippen molar-refractivity contribution in [2.45, 2.75) is 12.5 Å². The van der Waals surface area contributed by atoms with Crippen molar-refractivity contribution in [3.63, 3.8) is 0 Å². The monoisotopic (exact) mass is 208 g/mol. The molecule has 0 saturated carbocycles. The molecule has 4 heteroatoms. The average Bonchev–Trinajstić information content (AvgIpc) is 2.17. The van der Waals surface area contributed by atoms with Crippen molar-refractivity contribution in [1.29, 1.82) is 0 Å². The first-order valence-electron chi connectivity index (χ1n) is 4.78. The second-order valence-electron chi connectivity index (χ2n) is 3.88. The Hall–Kier alpha value is -1.42. The van der Waals surface area contributed by atoms with E-state index in [-0.39, 0.29) is 5.82 Å². The maximum absolute atomic E-state index is 13.1. The van der Waals surface area contributed by atoms with Crippen LogP contribution < -0.4 is 5.73 Å². The number of halogens is 1. The molecule has 0 radical (unpaired) electrons. The number of rotatable bonds is 1. The van der Waals surface area contributed by atoms with Crippen LogP contribution in [-0.2, 0) is 10.3 Å². The van der Waals surface area contributed by atoms with Crippen LogP contribution in [0.3, 0.4) is 0 Å². The Morgan fingerprint density at radius 1 is 1.53 bits per heavy atom. The molecule has 80 valence electrons. The fourth-order valence-electron chi connectivity index (χ4n) is 1.71. The smallest absolute Gasteiger partial charge is 0.123 e. The minimum atomic E-state index is -0.565. The Balaban J connectivity index is 2.41. The molecule has 15 heavy (non-hydrogen) atoms. The van der Waals surface area contributed by atoms with E-state index in [9.17, 15) is 4.39 Å². The van der Waals surface area contributed by atoms with Crippen molar-refractivity contribution in [2.75, 3.05) is 13.2 Å². The third-order valence-electron chi connectivity index (χ3n) is 2.47. The van der Waals surface area contributed by atoms with Crippen LogP contribution in [0.25, 0.3) is 0 Å². The highest BCUT2D eigenvalue weighted by atomic mass is 19.1. The molecule has 2 rings (SSSR count). The lowest BCUT2D eigenvalue weighted by Crippen LogP contribution is -2.37. The molecule has 1 aliphatic heterocycles. The van der Waals surface area contributed by atoms with Gasteiger partial charge in [-0.15, -0.1) is 0 Å². The van der Waals surface area contributed by atoms with E-state index in [0.29, 0.717) is 19.0 Å².